The lowest BCUT2D eigenvalue weighted by atomic mass is 10.2. The van der Waals surface area contributed by atoms with Gasteiger partial charge in [-0.3, -0.25) is 14.5 Å². The van der Waals surface area contributed by atoms with E-state index in [-0.39, 0.29) is 42.1 Å². The minimum absolute atomic E-state index is 0.0377. The van der Waals surface area contributed by atoms with Crippen molar-refractivity contribution in [3.05, 3.63) is 30.1 Å². The number of halogens is 1. The first kappa shape index (κ1) is 14.4. The summed E-state index contributed by atoms with van der Waals surface area (Å²) >= 11 is 4.73. The Balaban J connectivity index is 2.10. The molecule has 1 aromatic carbocycles. The number of carbonyl (C=O) groups excluding carboxylic acids is 2. The van der Waals surface area contributed by atoms with Crippen molar-refractivity contribution < 1.29 is 14.0 Å². The molecule has 0 spiro atoms. The summed E-state index contributed by atoms with van der Waals surface area (Å²) in [6.45, 7) is 0.103. The van der Waals surface area contributed by atoms with Gasteiger partial charge < -0.3 is 10.6 Å². The Morgan fingerprint density at radius 1 is 1.25 bits per heavy atom. The molecule has 2 amide bonds. The number of para-hydroxylation sites is 1. The zero-order valence-corrected chi connectivity index (χ0v) is 11.5. The van der Waals surface area contributed by atoms with Gasteiger partial charge >= 0.3 is 0 Å². The number of nitrogens with two attached hydrogens (primary N) is 1. The van der Waals surface area contributed by atoms with E-state index in [1.165, 1.54) is 11.0 Å². The monoisotopic (exact) mass is 295 g/mol. The Bertz CT molecular complexity index is 546. The number of imide groups is 1. The molecule has 0 bridgehead atoms. The van der Waals surface area contributed by atoms with Gasteiger partial charge in [-0.1, -0.05) is 24.4 Å². The largest absolute Gasteiger partial charge is 0.393 e. The molecule has 1 fully saturated rings. The second-order valence-corrected chi connectivity index (χ2v) is 4.99. The summed E-state index contributed by atoms with van der Waals surface area (Å²) in [4.78, 5) is 26.7. The second-order valence-electron chi connectivity index (χ2n) is 4.46. The smallest absolute Gasteiger partial charge is 0.248 e. The fourth-order valence-electron chi connectivity index (χ4n) is 2.04. The number of nitrogens with zero attached hydrogens (tertiary/aromatic N) is 2. The molecule has 1 aromatic rings. The van der Waals surface area contributed by atoms with E-state index < -0.39 is 5.82 Å². The maximum absolute atomic E-state index is 13.7. The molecule has 0 aromatic heterocycles. The van der Waals surface area contributed by atoms with Crippen LogP contribution in [0.2, 0.25) is 0 Å². The van der Waals surface area contributed by atoms with Gasteiger partial charge in [0.2, 0.25) is 11.8 Å². The predicted molar refractivity (Wildman–Crippen MR) is 76.7 cm³/mol. The highest BCUT2D eigenvalue weighted by Crippen LogP contribution is 2.21. The number of hydrogen-bond acceptors (Lipinski definition) is 4. The lowest BCUT2D eigenvalue weighted by Crippen LogP contribution is -2.54. The Kier molecular flexibility index (Phi) is 4.29. The number of amides is 2. The number of anilines is 1. The van der Waals surface area contributed by atoms with Crippen molar-refractivity contribution in [2.45, 2.75) is 6.42 Å². The van der Waals surface area contributed by atoms with Crippen LogP contribution in [0.4, 0.5) is 10.1 Å². The third kappa shape index (κ3) is 3.11. The standard InChI is InChI=1S/C13H14FN3O2S/c14-9-3-1-2-4-10(9)16-7-12(18)17(13(19)8-16)6-5-11(15)20/h1-4H,5-8H2,(H2,15,20). The minimum Gasteiger partial charge on any atom is -0.393 e. The maximum Gasteiger partial charge on any atom is 0.248 e. The molecule has 0 radical (unpaired) electrons. The highest BCUT2D eigenvalue weighted by Gasteiger charge is 2.31. The molecule has 2 N–H and O–H groups in total. The molecule has 1 saturated heterocycles. The van der Waals surface area contributed by atoms with Gasteiger partial charge in [-0.15, -0.1) is 0 Å². The molecule has 1 aliphatic heterocycles. The van der Waals surface area contributed by atoms with Crippen LogP contribution in [0.15, 0.2) is 24.3 Å². The summed E-state index contributed by atoms with van der Waals surface area (Å²) in [5.74, 6) is -1.20. The fourth-order valence-corrected chi connectivity index (χ4v) is 2.13. The van der Waals surface area contributed by atoms with E-state index in [1.54, 1.807) is 18.2 Å². The highest BCUT2D eigenvalue weighted by molar-refractivity contribution is 7.80. The third-order valence-corrected chi connectivity index (χ3v) is 3.23. The van der Waals surface area contributed by atoms with E-state index in [9.17, 15) is 14.0 Å². The van der Waals surface area contributed by atoms with Crippen molar-refractivity contribution >= 4 is 34.7 Å². The first-order chi connectivity index (χ1) is 9.49. The van der Waals surface area contributed by atoms with Gasteiger partial charge in [-0.05, 0) is 12.1 Å². The first-order valence-corrected chi connectivity index (χ1v) is 6.51. The van der Waals surface area contributed by atoms with Gasteiger partial charge in [0.15, 0.2) is 0 Å². The number of benzene rings is 1. The van der Waals surface area contributed by atoms with Gasteiger partial charge in [0.1, 0.15) is 5.82 Å². The van der Waals surface area contributed by atoms with E-state index >= 15 is 0 Å². The number of thiocarbonyl (C=S) groups is 1. The molecule has 2 rings (SSSR count). The van der Waals surface area contributed by atoms with Crippen LogP contribution < -0.4 is 10.6 Å². The van der Waals surface area contributed by atoms with Crippen molar-refractivity contribution in [2.24, 2.45) is 5.73 Å². The third-order valence-electron chi connectivity index (χ3n) is 3.03. The van der Waals surface area contributed by atoms with Crippen LogP contribution in [0.1, 0.15) is 6.42 Å². The normalized spacial score (nSPS) is 15.7. The van der Waals surface area contributed by atoms with Crippen LogP contribution in [-0.2, 0) is 9.59 Å². The van der Waals surface area contributed by atoms with Gasteiger partial charge in [-0.25, -0.2) is 4.39 Å². The SMILES string of the molecule is NC(=S)CCN1C(=O)CN(c2ccccc2F)CC1=O. The van der Waals surface area contributed by atoms with Crippen LogP contribution in [0.3, 0.4) is 0 Å². The first-order valence-electron chi connectivity index (χ1n) is 6.10. The van der Waals surface area contributed by atoms with E-state index in [0.717, 1.165) is 4.90 Å². The molecule has 1 aliphatic rings. The Morgan fingerprint density at radius 3 is 2.40 bits per heavy atom. The Morgan fingerprint density at radius 2 is 1.85 bits per heavy atom. The molecule has 5 nitrogen and oxygen atoms in total. The molecule has 0 saturated carbocycles. The molecule has 0 aliphatic carbocycles. The van der Waals surface area contributed by atoms with Crippen molar-refractivity contribution in [3.8, 4) is 0 Å². The van der Waals surface area contributed by atoms with Crippen LogP contribution in [-0.4, -0.2) is 41.3 Å². The van der Waals surface area contributed by atoms with Gasteiger partial charge in [-0.2, -0.15) is 0 Å². The molecule has 1 heterocycles. The molecule has 7 heteroatoms. The summed E-state index contributed by atoms with van der Waals surface area (Å²) < 4.78 is 13.7. The van der Waals surface area contributed by atoms with Crippen molar-refractivity contribution in [1.82, 2.24) is 4.90 Å². The average molecular weight is 295 g/mol. The van der Waals surface area contributed by atoms with E-state index in [2.05, 4.69) is 0 Å². The zero-order chi connectivity index (χ0) is 14.7. The van der Waals surface area contributed by atoms with Gasteiger partial charge in [0.25, 0.3) is 0 Å². The minimum atomic E-state index is -0.454. The van der Waals surface area contributed by atoms with E-state index in [4.69, 9.17) is 18.0 Å². The molecule has 20 heavy (non-hydrogen) atoms. The van der Waals surface area contributed by atoms with Crippen LogP contribution in [0.25, 0.3) is 0 Å². The fraction of sp³-hybridized carbons (Fsp3) is 0.308. The van der Waals surface area contributed by atoms with Crippen LogP contribution >= 0.6 is 12.2 Å². The van der Waals surface area contributed by atoms with Crippen molar-refractivity contribution in [1.29, 1.82) is 0 Å². The number of hydrogen-bond donors (Lipinski definition) is 1. The highest BCUT2D eigenvalue weighted by atomic mass is 32.1. The van der Waals surface area contributed by atoms with E-state index in [1.807, 2.05) is 0 Å². The number of piperazine rings is 1. The maximum atomic E-state index is 13.7. The van der Waals surface area contributed by atoms with Crippen molar-refractivity contribution in [3.63, 3.8) is 0 Å². The Hall–Kier alpha value is -2.02. The summed E-state index contributed by atoms with van der Waals surface area (Å²) in [5.41, 5.74) is 5.61. The topological polar surface area (TPSA) is 66.6 Å². The summed E-state index contributed by atoms with van der Waals surface area (Å²) in [5, 5.41) is 0. The summed E-state index contributed by atoms with van der Waals surface area (Å²) in [7, 11) is 0. The molecule has 106 valence electrons. The molecular formula is C13H14FN3O2S. The second kappa shape index (κ2) is 5.96. The van der Waals surface area contributed by atoms with Crippen LogP contribution in [0, 0.1) is 5.82 Å². The van der Waals surface area contributed by atoms with Gasteiger partial charge in [0, 0.05) is 13.0 Å². The van der Waals surface area contributed by atoms with Crippen LogP contribution in [0.5, 0.6) is 0 Å². The van der Waals surface area contributed by atoms with E-state index in [0.29, 0.717) is 6.42 Å². The Labute approximate surface area is 121 Å². The number of rotatable bonds is 4. The van der Waals surface area contributed by atoms with Crippen molar-refractivity contribution in [2.75, 3.05) is 24.5 Å². The molecule has 0 unspecified atom stereocenters. The lowest BCUT2D eigenvalue weighted by molar-refractivity contribution is -0.145. The molecule has 0 atom stereocenters. The molecular weight excluding hydrogens is 281 g/mol. The van der Waals surface area contributed by atoms with Gasteiger partial charge in [0.05, 0.1) is 23.8 Å². The number of carbonyl (C=O) groups is 2. The summed E-state index contributed by atoms with van der Waals surface area (Å²) in [6.07, 6.45) is 0.298. The average Bonchev–Trinajstić information content (AvgIpc) is 2.37. The zero-order valence-electron chi connectivity index (χ0n) is 10.7. The quantitative estimate of drug-likeness (QED) is 0.653. The lowest BCUT2D eigenvalue weighted by Gasteiger charge is -2.34. The summed E-state index contributed by atoms with van der Waals surface area (Å²) in [6, 6.07) is 6.05. The predicted octanol–water partition coefficient (Wildman–Crippen LogP) is 0.677.